The third-order valence-electron chi connectivity index (χ3n) is 3.78. The predicted molar refractivity (Wildman–Crippen MR) is 81.5 cm³/mol. The van der Waals surface area contributed by atoms with Crippen LogP contribution in [0.15, 0.2) is 34.8 Å². The Hall–Kier alpha value is -1.62. The van der Waals surface area contributed by atoms with Gasteiger partial charge in [-0.1, -0.05) is 6.07 Å². The van der Waals surface area contributed by atoms with Crippen molar-refractivity contribution in [2.24, 2.45) is 0 Å². The van der Waals surface area contributed by atoms with Crippen LogP contribution in [0.2, 0.25) is 0 Å². The number of rotatable bonds is 2. The van der Waals surface area contributed by atoms with Crippen molar-refractivity contribution in [2.75, 3.05) is 5.32 Å². The molecule has 0 spiro atoms. The highest BCUT2D eigenvalue weighted by Gasteiger charge is 2.21. The molecule has 0 heterocycles. The first kappa shape index (κ1) is 14.3. The maximum absolute atomic E-state index is 13.9. The van der Waals surface area contributed by atoms with E-state index in [1.165, 1.54) is 6.07 Å². The Kier molecular flexibility index (Phi) is 3.85. The van der Waals surface area contributed by atoms with Crippen molar-refractivity contribution in [3.63, 3.8) is 0 Å². The fraction of sp³-hybridized carbons (Fsp3) is 0.250. The molecule has 1 atom stereocenters. The van der Waals surface area contributed by atoms with Gasteiger partial charge in [-0.2, -0.15) is 0 Å². The molecular formula is C16H14BrF2NO. The SMILES string of the molecule is Oc1ccc2c(c1)CCCC2Nc1cc(Br)c(F)cc1F. The molecule has 1 aliphatic rings. The number of hydrogen-bond donors (Lipinski definition) is 2. The van der Waals surface area contributed by atoms with Crippen LogP contribution in [0.3, 0.4) is 0 Å². The molecule has 0 saturated carbocycles. The van der Waals surface area contributed by atoms with E-state index in [1.54, 1.807) is 12.1 Å². The Balaban J connectivity index is 1.92. The molecule has 2 aromatic carbocycles. The van der Waals surface area contributed by atoms with Gasteiger partial charge in [-0.3, -0.25) is 0 Å². The van der Waals surface area contributed by atoms with Crippen molar-refractivity contribution in [3.05, 3.63) is 57.6 Å². The second kappa shape index (κ2) is 5.64. The number of anilines is 1. The maximum atomic E-state index is 13.9. The molecular weight excluding hydrogens is 340 g/mol. The zero-order chi connectivity index (χ0) is 15.0. The van der Waals surface area contributed by atoms with Crippen LogP contribution in [-0.2, 0) is 6.42 Å². The summed E-state index contributed by atoms with van der Waals surface area (Å²) < 4.78 is 27.4. The molecule has 0 amide bonds. The van der Waals surface area contributed by atoms with Crippen LogP contribution in [0.1, 0.15) is 30.0 Å². The lowest BCUT2D eigenvalue weighted by atomic mass is 9.87. The van der Waals surface area contributed by atoms with E-state index in [0.29, 0.717) is 0 Å². The summed E-state index contributed by atoms with van der Waals surface area (Å²) in [4.78, 5) is 0. The van der Waals surface area contributed by atoms with Crippen LogP contribution in [-0.4, -0.2) is 5.11 Å². The van der Waals surface area contributed by atoms with Crippen LogP contribution in [0.25, 0.3) is 0 Å². The van der Waals surface area contributed by atoms with E-state index in [1.807, 2.05) is 6.07 Å². The number of hydrogen-bond acceptors (Lipinski definition) is 2. The average molecular weight is 354 g/mol. The summed E-state index contributed by atoms with van der Waals surface area (Å²) in [5, 5.41) is 12.7. The molecule has 0 aromatic heterocycles. The minimum absolute atomic E-state index is 0.0405. The van der Waals surface area contributed by atoms with Gasteiger partial charge < -0.3 is 10.4 Å². The highest BCUT2D eigenvalue weighted by atomic mass is 79.9. The highest BCUT2D eigenvalue weighted by Crippen LogP contribution is 2.35. The number of benzene rings is 2. The molecule has 0 saturated heterocycles. The summed E-state index contributed by atoms with van der Waals surface area (Å²) in [7, 11) is 0. The van der Waals surface area contributed by atoms with E-state index in [2.05, 4.69) is 21.2 Å². The van der Waals surface area contributed by atoms with Crippen molar-refractivity contribution >= 4 is 21.6 Å². The van der Waals surface area contributed by atoms with Crippen LogP contribution < -0.4 is 5.32 Å². The Labute approximate surface area is 129 Å². The molecule has 2 aromatic rings. The second-order valence-electron chi connectivity index (χ2n) is 5.22. The largest absolute Gasteiger partial charge is 0.508 e. The normalized spacial score (nSPS) is 17.4. The molecule has 2 nitrogen and oxygen atoms in total. The van der Waals surface area contributed by atoms with Crippen molar-refractivity contribution in [1.82, 2.24) is 0 Å². The molecule has 110 valence electrons. The molecule has 0 bridgehead atoms. The minimum atomic E-state index is -0.619. The Bertz CT molecular complexity index is 690. The quantitative estimate of drug-likeness (QED) is 0.750. The van der Waals surface area contributed by atoms with E-state index in [4.69, 9.17) is 0 Å². The highest BCUT2D eigenvalue weighted by molar-refractivity contribution is 9.10. The van der Waals surface area contributed by atoms with Gasteiger partial charge in [-0.25, -0.2) is 8.78 Å². The lowest BCUT2D eigenvalue weighted by Gasteiger charge is -2.27. The first-order valence-corrected chi connectivity index (χ1v) is 7.57. The van der Waals surface area contributed by atoms with E-state index in [0.717, 1.165) is 36.5 Å². The standard InChI is InChI=1S/C16H14BrF2NO/c17-12-7-16(14(19)8-13(12)18)20-15-3-1-2-9-6-10(21)4-5-11(9)15/h4-8,15,20-21H,1-3H2. The van der Waals surface area contributed by atoms with Gasteiger partial charge in [0.25, 0.3) is 0 Å². The van der Waals surface area contributed by atoms with Gasteiger partial charge in [0.05, 0.1) is 16.2 Å². The number of phenolic OH excluding ortho intramolecular Hbond substituents is 1. The van der Waals surface area contributed by atoms with Gasteiger partial charge in [0, 0.05) is 6.07 Å². The van der Waals surface area contributed by atoms with Crippen LogP contribution in [0.4, 0.5) is 14.5 Å². The van der Waals surface area contributed by atoms with Crippen molar-refractivity contribution in [1.29, 1.82) is 0 Å². The molecule has 2 N–H and O–H groups in total. The Morgan fingerprint density at radius 2 is 1.95 bits per heavy atom. The summed E-state index contributed by atoms with van der Waals surface area (Å²) in [5.41, 5.74) is 2.40. The summed E-state index contributed by atoms with van der Waals surface area (Å²) in [6.45, 7) is 0. The Morgan fingerprint density at radius 3 is 2.76 bits per heavy atom. The second-order valence-corrected chi connectivity index (χ2v) is 6.07. The number of halogens is 3. The third kappa shape index (κ3) is 2.88. The van der Waals surface area contributed by atoms with Crippen LogP contribution in [0, 0.1) is 11.6 Å². The molecule has 1 aliphatic carbocycles. The van der Waals surface area contributed by atoms with Gasteiger partial charge in [-0.15, -0.1) is 0 Å². The molecule has 0 aliphatic heterocycles. The van der Waals surface area contributed by atoms with Crippen molar-refractivity contribution in [2.45, 2.75) is 25.3 Å². The third-order valence-corrected chi connectivity index (χ3v) is 4.39. The topological polar surface area (TPSA) is 32.3 Å². The number of fused-ring (bicyclic) bond motifs is 1. The predicted octanol–water partition coefficient (Wildman–Crippen LogP) is 4.92. The monoisotopic (exact) mass is 353 g/mol. The molecule has 5 heteroatoms. The van der Waals surface area contributed by atoms with Gasteiger partial charge in [-0.05, 0) is 64.5 Å². The fourth-order valence-electron chi connectivity index (χ4n) is 2.77. The zero-order valence-electron chi connectivity index (χ0n) is 11.2. The molecule has 0 fully saturated rings. The summed E-state index contributed by atoms with van der Waals surface area (Å²) in [5.74, 6) is -0.987. The molecule has 1 unspecified atom stereocenters. The van der Waals surface area contributed by atoms with E-state index < -0.39 is 11.6 Å². The summed E-state index contributed by atoms with van der Waals surface area (Å²) >= 11 is 3.07. The summed E-state index contributed by atoms with van der Waals surface area (Å²) in [6.07, 6.45) is 2.72. The van der Waals surface area contributed by atoms with Gasteiger partial charge >= 0.3 is 0 Å². The fourth-order valence-corrected chi connectivity index (χ4v) is 3.11. The number of nitrogens with one attached hydrogen (secondary N) is 1. The van der Waals surface area contributed by atoms with E-state index in [9.17, 15) is 13.9 Å². The van der Waals surface area contributed by atoms with E-state index >= 15 is 0 Å². The first-order valence-electron chi connectivity index (χ1n) is 6.77. The van der Waals surface area contributed by atoms with Crippen molar-refractivity contribution < 1.29 is 13.9 Å². The number of phenols is 1. The van der Waals surface area contributed by atoms with Crippen LogP contribution >= 0.6 is 15.9 Å². The van der Waals surface area contributed by atoms with Crippen molar-refractivity contribution in [3.8, 4) is 5.75 Å². The van der Waals surface area contributed by atoms with E-state index in [-0.39, 0.29) is 22.0 Å². The lowest BCUT2D eigenvalue weighted by Crippen LogP contribution is -2.18. The lowest BCUT2D eigenvalue weighted by molar-refractivity contribution is 0.472. The molecule has 21 heavy (non-hydrogen) atoms. The average Bonchev–Trinajstić information content (AvgIpc) is 2.44. The molecule has 0 radical (unpaired) electrons. The Morgan fingerprint density at radius 1 is 1.14 bits per heavy atom. The van der Waals surface area contributed by atoms with Gasteiger partial charge in [0.2, 0.25) is 0 Å². The smallest absolute Gasteiger partial charge is 0.149 e. The number of aryl methyl sites for hydroxylation is 1. The van der Waals surface area contributed by atoms with Gasteiger partial charge in [0.1, 0.15) is 17.4 Å². The van der Waals surface area contributed by atoms with Crippen LogP contribution in [0.5, 0.6) is 5.75 Å². The maximum Gasteiger partial charge on any atom is 0.149 e. The molecule has 3 rings (SSSR count). The zero-order valence-corrected chi connectivity index (χ0v) is 12.8. The minimum Gasteiger partial charge on any atom is -0.508 e. The summed E-state index contributed by atoms with van der Waals surface area (Å²) in [6, 6.07) is 7.49. The number of aromatic hydroxyl groups is 1. The first-order chi connectivity index (χ1) is 10.0. The van der Waals surface area contributed by atoms with Gasteiger partial charge in [0.15, 0.2) is 0 Å².